The zero-order valence-electron chi connectivity index (χ0n) is 16.5. The van der Waals surface area contributed by atoms with Gasteiger partial charge in [-0.1, -0.05) is 30.3 Å². The third-order valence-corrected chi connectivity index (χ3v) is 4.50. The lowest BCUT2D eigenvalue weighted by Gasteiger charge is -2.15. The van der Waals surface area contributed by atoms with Crippen molar-refractivity contribution in [3.8, 4) is 5.75 Å². The molecule has 10 heteroatoms. The van der Waals surface area contributed by atoms with Crippen LogP contribution in [-0.4, -0.2) is 46.0 Å². The van der Waals surface area contributed by atoms with Crippen molar-refractivity contribution in [3.05, 3.63) is 57.8 Å². The molecule has 1 aromatic heterocycles. The maximum atomic E-state index is 12.4. The van der Waals surface area contributed by atoms with Crippen LogP contribution in [-0.2, 0) is 34.0 Å². The molecular formula is C20H23N3O7. The predicted octanol–water partition coefficient (Wildman–Crippen LogP) is 1.34. The number of amides is 1. The SMILES string of the molecule is CCOC(=O)c1nc2n(c(=O)c1O)CCC(CNC(=O)OCc1ccccc1)OC2. The Kier molecular flexibility index (Phi) is 7.02. The number of aromatic nitrogens is 2. The molecule has 30 heavy (non-hydrogen) atoms. The number of aromatic hydroxyl groups is 1. The van der Waals surface area contributed by atoms with E-state index in [1.165, 1.54) is 4.57 Å². The zero-order valence-corrected chi connectivity index (χ0v) is 16.5. The first-order chi connectivity index (χ1) is 14.5. The number of carbonyl (C=O) groups is 2. The highest BCUT2D eigenvalue weighted by Crippen LogP contribution is 2.16. The van der Waals surface area contributed by atoms with Gasteiger partial charge in [0.2, 0.25) is 5.75 Å². The summed E-state index contributed by atoms with van der Waals surface area (Å²) < 4.78 is 16.9. The maximum absolute atomic E-state index is 12.4. The molecule has 10 nitrogen and oxygen atoms in total. The lowest BCUT2D eigenvalue weighted by Crippen LogP contribution is -2.34. The summed E-state index contributed by atoms with van der Waals surface area (Å²) in [7, 11) is 0. The van der Waals surface area contributed by atoms with Crippen molar-refractivity contribution in [1.82, 2.24) is 14.9 Å². The van der Waals surface area contributed by atoms with Gasteiger partial charge >= 0.3 is 12.1 Å². The largest absolute Gasteiger partial charge is 0.501 e. The van der Waals surface area contributed by atoms with E-state index in [2.05, 4.69) is 10.3 Å². The fourth-order valence-corrected chi connectivity index (χ4v) is 2.95. The van der Waals surface area contributed by atoms with Gasteiger partial charge in [-0.05, 0) is 18.9 Å². The van der Waals surface area contributed by atoms with Crippen molar-refractivity contribution < 1.29 is 28.9 Å². The molecule has 0 saturated heterocycles. The molecule has 2 aromatic rings. The van der Waals surface area contributed by atoms with Crippen LogP contribution in [0.15, 0.2) is 35.1 Å². The number of fused-ring (bicyclic) bond motifs is 1. The summed E-state index contributed by atoms with van der Waals surface area (Å²) in [6.45, 7) is 2.17. The number of benzene rings is 1. The van der Waals surface area contributed by atoms with Gasteiger partial charge in [0.1, 0.15) is 19.0 Å². The van der Waals surface area contributed by atoms with E-state index in [4.69, 9.17) is 14.2 Å². The van der Waals surface area contributed by atoms with Crippen LogP contribution in [0.5, 0.6) is 5.75 Å². The normalized spacial score (nSPS) is 15.6. The van der Waals surface area contributed by atoms with Crippen molar-refractivity contribution >= 4 is 12.1 Å². The van der Waals surface area contributed by atoms with Crippen LogP contribution in [0.3, 0.4) is 0 Å². The summed E-state index contributed by atoms with van der Waals surface area (Å²) in [5, 5.41) is 12.7. The summed E-state index contributed by atoms with van der Waals surface area (Å²) in [5.74, 6) is -1.42. The molecule has 3 rings (SSSR count). The topological polar surface area (TPSA) is 129 Å². The summed E-state index contributed by atoms with van der Waals surface area (Å²) in [6.07, 6.45) is -0.587. The molecule has 0 radical (unpaired) electrons. The molecule has 1 amide bonds. The van der Waals surface area contributed by atoms with Crippen LogP contribution in [0.2, 0.25) is 0 Å². The molecule has 2 N–H and O–H groups in total. The minimum atomic E-state index is -0.876. The van der Waals surface area contributed by atoms with Crippen LogP contribution in [0.1, 0.15) is 35.2 Å². The minimum Gasteiger partial charge on any atom is -0.501 e. The zero-order chi connectivity index (χ0) is 21.5. The number of esters is 1. The summed E-state index contributed by atoms with van der Waals surface area (Å²) in [4.78, 5) is 40.3. The Hall–Kier alpha value is -3.40. The fraction of sp³-hybridized carbons (Fsp3) is 0.400. The molecule has 0 saturated carbocycles. The second kappa shape index (κ2) is 9.88. The van der Waals surface area contributed by atoms with Gasteiger partial charge in [0, 0.05) is 13.1 Å². The van der Waals surface area contributed by atoms with Crippen molar-refractivity contribution in [1.29, 1.82) is 0 Å². The van der Waals surface area contributed by atoms with E-state index in [1.807, 2.05) is 30.3 Å². The average Bonchev–Trinajstić information content (AvgIpc) is 2.96. The standard InChI is InChI=1S/C20H23N3O7/c1-2-28-19(26)16-17(24)18(25)23-9-8-14(29-12-15(23)22-16)10-21-20(27)30-11-13-6-4-3-5-7-13/h3-7,14,24H,2,8-12H2,1H3,(H,21,27). The number of rotatable bonds is 6. The molecule has 1 aromatic carbocycles. The van der Waals surface area contributed by atoms with Crippen LogP contribution in [0.4, 0.5) is 4.79 Å². The molecule has 160 valence electrons. The molecule has 0 spiro atoms. The molecule has 0 fully saturated rings. The van der Waals surface area contributed by atoms with Crippen LogP contribution in [0.25, 0.3) is 0 Å². The van der Waals surface area contributed by atoms with E-state index in [0.717, 1.165) is 5.56 Å². The Bertz CT molecular complexity index is 959. The Balaban J connectivity index is 1.57. The van der Waals surface area contributed by atoms with Gasteiger partial charge in [-0.3, -0.25) is 9.36 Å². The van der Waals surface area contributed by atoms with E-state index in [0.29, 0.717) is 6.42 Å². The summed E-state index contributed by atoms with van der Waals surface area (Å²) >= 11 is 0. The number of nitrogens with zero attached hydrogens (tertiary/aromatic N) is 2. The van der Waals surface area contributed by atoms with Gasteiger partial charge in [-0.2, -0.15) is 0 Å². The van der Waals surface area contributed by atoms with Crippen LogP contribution in [0, 0.1) is 0 Å². The molecule has 0 aliphatic carbocycles. The van der Waals surface area contributed by atoms with Gasteiger partial charge in [-0.25, -0.2) is 14.6 Å². The highest BCUT2D eigenvalue weighted by Gasteiger charge is 2.25. The van der Waals surface area contributed by atoms with Crippen LogP contribution < -0.4 is 10.9 Å². The van der Waals surface area contributed by atoms with Gasteiger partial charge in [-0.15, -0.1) is 0 Å². The van der Waals surface area contributed by atoms with E-state index >= 15 is 0 Å². The van der Waals surface area contributed by atoms with E-state index in [-0.39, 0.29) is 38.7 Å². The Labute approximate surface area is 172 Å². The van der Waals surface area contributed by atoms with Crippen molar-refractivity contribution in [3.63, 3.8) is 0 Å². The average molecular weight is 417 g/mol. The first kappa shape index (κ1) is 21.3. The quantitative estimate of drug-likeness (QED) is 0.674. The Morgan fingerprint density at radius 1 is 1.30 bits per heavy atom. The van der Waals surface area contributed by atoms with Gasteiger partial charge < -0.3 is 24.6 Å². The second-order valence-corrected chi connectivity index (χ2v) is 6.57. The fourth-order valence-electron chi connectivity index (χ4n) is 2.95. The summed E-state index contributed by atoms with van der Waals surface area (Å²) in [6, 6.07) is 9.29. The molecule has 1 unspecified atom stereocenters. The van der Waals surface area contributed by atoms with E-state index in [1.54, 1.807) is 6.92 Å². The second-order valence-electron chi connectivity index (χ2n) is 6.57. The van der Waals surface area contributed by atoms with Gasteiger partial charge in [0.05, 0.1) is 12.7 Å². The Morgan fingerprint density at radius 2 is 2.07 bits per heavy atom. The van der Waals surface area contributed by atoms with Crippen LogP contribution >= 0.6 is 0 Å². The highest BCUT2D eigenvalue weighted by molar-refractivity contribution is 5.89. The maximum Gasteiger partial charge on any atom is 0.407 e. The molecular weight excluding hydrogens is 394 g/mol. The van der Waals surface area contributed by atoms with Crippen molar-refractivity contribution in [2.75, 3.05) is 13.2 Å². The van der Waals surface area contributed by atoms with Crippen molar-refractivity contribution in [2.45, 2.75) is 39.2 Å². The molecule has 1 aliphatic heterocycles. The third kappa shape index (κ3) is 5.15. The van der Waals surface area contributed by atoms with Crippen molar-refractivity contribution in [2.24, 2.45) is 0 Å². The van der Waals surface area contributed by atoms with Gasteiger partial charge in [0.15, 0.2) is 5.69 Å². The van der Waals surface area contributed by atoms with E-state index < -0.39 is 35.2 Å². The molecule has 0 bridgehead atoms. The monoisotopic (exact) mass is 417 g/mol. The lowest BCUT2D eigenvalue weighted by atomic mass is 10.2. The number of nitrogens with one attached hydrogen (secondary N) is 1. The Morgan fingerprint density at radius 3 is 2.80 bits per heavy atom. The predicted molar refractivity (Wildman–Crippen MR) is 104 cm³/mol. The smallest absolute Gasteiger partial charge is 0.407 e. The minimum absolute atomic E-state index is 0.0622. The number of hydrogen-bond acceptors (Lipinski definition) is 8. The molecule has 1 aliphatic rings. The number of ether oxygens (including phenoxy) is 3. The number of hydrogen-bond donors (Lipinski definition) is 2. The number of alkyl carbamates (subject to hydrolysis) is 1. The lowest BCUT2D eigenvalue weighted by molar-refractivity contribution is 0.0374. The van der Waals surface area contributed by atoms with Gasteiger partial charge in [0.25, 0.3) is 5.56 Å². The first-order valence-corrected chi connectivity index (χ1v) is 9.55. The van der Waals surface area contributed by atoms with E-state index in [9.17, 15) is 19.5 Å². The third-order valence-electron chi connectivity index (χ3n) is 4.50. The summed E-state index contributed by atoms with van der Waals surface area (Å²) in [5.41, 5.74) is -0.295. The molecule has 1 atom stereocenters. The molecule has 2 heterocycles. The number of carbonyl (C=O) groups excluding carboxylic acids is 2. The first-order valence-electron chi connectivity index (χ1n) is 9.55. The highest BCUT2D eigenvalue weighted by atomic mass is 16.5.